The van der Waals surface area contributed by atoms with E-state index in [-0.39, 0.29) is 17.5 Å². The van der Waals surface area contributed by atoms with Gasteiger partial charge in [0.2, 0.25) is 10.0 Å². The van der Waals surface area contributed by atoms with Crippen LogP contribution < -0.4 is 5.73 Å². The molecule has 1 aromatic heterocycles. The maximum atomic E-state index is 13.2. The number of sulfonamides is 1. The Morgan fingerprint density at radius 2 is 1.96 bits per heavy atom. The molecule has 3 rings (SSSR count). The normalized spacial score (nSPS) is 17.0. The summed E-state index contributed by atoms with van der Waals surface area (Å²) in [4.78, 5) is 4.52. The van der Waals surface area contributed by atoms with E-state index in [9.17, 15) is 8.42 Å². The molecule has 7 heteroatoms. The van der Waals surface area contributed by atoms with Gasteiger partial charge in [0.05, 0.1) is 5.52 Å². The van der Waals surface area contributed by atoms with E-state index in [1.807, 2.05) is 12.1 Å². The molecule has 124 valence electrons. The molecule has 1 aliphatic heterocycles. The van der Waals surface area contributed by atoms with E-state index < -0.39 is 10.0 Å². The van der Waals surface area contributed by atoms with Gasteiger partial charge >= 0.3 is 0 Å². The summed E-state index contributed by atoms with van der Waals surface area (Å²) in [7, 11) is -3.65. The molecule has 2 heterocycles. The Kier molecular flexibility index (Phi) is 4.91. The standard InChI is InChI=1S/C16H21N3O3S/c17-8-10-19(14-6-11-22-12-7-14)23(20,21)15-5-1-3-13-4-2-9-18-16(13)15/h1-5,9,14H,6-8,10-12,17H2. The van der Waals surface area contributed by atoms with Gasteiger partial charge in [-0.25, -0.2) is 8.42 Å². The molecule has 0 spiro atoms. The summed E-state index contributed by atoms with van der Waals surface area (Å²) in [5.41, 5.74) is 6.17. The number of nitrogens with zero attached hydrogens (tertiary/aromatic N) is 2. The Hall–Kier alpha value is -1.54. The van der Waals surface area contributed by atoms with E-state index in [1.165, 1.54) is 4.31 Å². The molecule has 0 amide bonds. The van der Waals surface area contributed by atoms with Gasteiger partial charge in [-0.15, -0.1) is 0 Å². The van der Waals surface area contributed by atoms with Gasteiger partial charge in [-0.2, -0.15) is 4.31 Å². The average molecular weight is 335 g/mol. The van der Waals surface area contributed by atoms with Crippen LogP contribution in [0.4, 0.5) is 0 Å². The summed E-state index contributed by atoms with van der Waals surface area (Å²) in [5.74, 6) is 0. The Morgan fingerprint density at radius 3 is 2.70 bits per heavy atom. The van der Waals surface area contributed by atoms with Crippen molar-refractivity contribution in [3.8, 4) is 0 Å². The van der Waals surface area contributed by atoms with Gasteiger partial charge in [-0.1, -0.05) is 18.2 Å². The molecule has 0 bridgehead atoms. The highest BCUT2D eigenvalue weighted by Gasteiger charge is 2.33. The summed E-state index contributed by atoms with van der Waals surface area (Å²) in [5, 5.41) is 0.813. The lowest BCUT2D eigenvalue weighted by molar-refractivity contribution is 0.0590. The van der Waals surface area contributed by atoms with Crippen molar-refractivity contribution in [2.45, 2.75) is 23.8 Å². The van der Waals surface area contributed by atoms with Crippen molar-refractivity contribution in [1.82, 2.24) is 9.29 Å². The number of nitrogens with two attached hydrogens (primary N) is 1. The van der Waals surface area contributed by atoms with Crippen LogP contribution in [0, 0.1) is 0 Å². The average Bonchev–Trinajstić information content (AvgIpc) is 2.59. The number of rotatable bonds is 5. The van der Waals surface area contributed by atoms with Crippen LogP contribution in [0.3, 0.4) is 0 Å². The van der Waals surface area contributed by atoms with Crippen molar-refractivity contribution in [3.63, 3.8) is 0 Å². The third-order valence-corrected chi connectivity index (χ3v) is 6.11. The number of fused-ring (bicyclic) bond motifs is 1. The molecule has 1 aliphatic rings. The van der Waals surface area contributed by atoms with Gasteiger partial charge in [-0.05, 0) is 25.0 Å². The first kappa shape index (κ1) is 16.3. The second-order valence-electron chi connectivity index (χ2n) is 5.58. The van der Waals surface area contributed by atoms with Crippen LogP contribution in [0.25, 0.3) is 10.9 Å². The Labute approximate surface area is 136 Å². The number of hydrogen-bond acceptors (Lipinski definition) is 5. The van der Waals surface area contributed by atoms with Crippen LogP contribution in [0.5, 0.6) is 0 Å². The lowest BCUT2D eigenvalue weighted by Gasteiger charge is -2.33. The summed E-state index contributed by atoms with van der Waals surface area (Å²) in [6.07, 6.45) is 3.00. The van der Waals surface area contributed by atoms with Gasteiger partial charge in [0.15, 0.2) is 0 Å². The largest absolute Gasteiger partial charge is 0.381 e. The maximum Gasteiger partial charge on any atom is 0.245 e. The Balaban J connectivity index is 2.06. The van der Waals surface area contributed by atoms with E-state index in [0.717, 1.165) is 5.39 Å². The topological polar surface area (TPSA) is 85.5 Å². The van der Waals surface area contributed by atoms with E-state index in [4.69, 9.17) is 10.5 Å². The molecule has 2 N–H and O–H groups in total. The minimum Gasteiger partial charge on any atom is -0.381 e. The minimum atomic E-state index is -3.65. The zero-order chi connectivity index (χ0) is 16.3. The first-order valence-electron chi connectivity index (χ1n) is 7.78. The van der Waals surface area contributed by atoms with Gasteiger partial charge in [0.25, 0.3) is 0 Å². The molecule has 0 unspecified atom stereocenters. The highest BCUT2D eigenvalue weighted by atomic mass is 32.2. The van der Waals surface area contributed by atoms with Gasteiger partial charge in [-0.3, -0.25) is 4.98 Å². The van der Waals surface area contributed by atoms with Gasteiger partial charge in [0.1, 0.15) is 4.90 Å². The number of ether oxygens (including phenoxy) is 1. The predicted octanol–water partition coefficient (Wildman–Crippen LogP) is 1.36. The second-order valence-corrected chi connectivity index (χ2v) is 7.44. The van der Waals surface area contributed by atoms with Crippen LogP contribution in [0.1, 0.15) is 12.8 Å². The van der Waals surface area contributed by atoms with Gasteiger partial charge in [0, 0.05) is 43.9 Å². The number of aromatic nitrogens is 1. The van der Waals surface area contributed by atoms with Crippen LogP contribution in [0.15, 0.2) is 41.4 Å². The first-order valence-corrected chi connectivity index (χ1v) is 9.22. The quantitative estimate of drug-likeness (QED) is 0.892. The monoisotopic (exact) mass is 335 g/mol. The van der Waals surface area contributed by atoms with Crippen LogP contribution in [-0.4, -0.2) is 50.1 Å². The summed E-state index contributed by atoms with van der Waals surface area (Å²) >= 11 is 0. The molecular weight excluding hydrogens is 314 g/mol. The molecular formula is C16H21N3O3S. The minimum absolute atomic E-state index is 0.0729. The molecule has 1 saturated heterocycles. The zero-order valence-electron chi connectivity index (χ0n) is 12.9. The fourth-order valence-corrected chi connectivity index (χ4v) is 4.88. The maximum absolute atomic E-state index is 13.2. The van der Waals surface area contributed by atoms with Crippen molar-refractivity contribution < 1.29 is 13.2 Å². The Bertz CT molecular complexity index is 768. The van der Waals surface area contributed by atoms with Crippen LogP contribution in [-0.2, 0) is 14.8 Å². The molecule has 0 saturated carbocycles. The summed E-state index contributed by atoms with van der Waals surface area (Å²) in [6, 6.07) is 8.83. The third kappa shape index (κ3) is 3.23. The molecule has 0 radical (unpaired) electrons. The molecule has 0 aliphatic carbocycles. The fourth-order valence-electron chi connectivity index (χ4n) is 3.01. The summed E-state index contributed by atoms with van der Waals surface area (Å²) < 4.78 is 33.3. The highest BCUT2D eigenvalue weighted by molar-refractivity contribution is 7.89. The van der Waals surface area contributed by atoms with Crippen molar-refractivity contribution >= 4 is 20.9 Å². The highest BCUT2D eigenvalue weighted by Crippen LogP contribution is 2.27. The molecule has 6 nitrogen and oxygen atoms in total. The summed E-state index contributed by atoms with van der Waals surface area (Å²) in [6.45, 7) is 1.75. The van der Waals surface area contributed by atoms with Crippen molar-refractivity contribution in [1.29, 1.82) is 0 Å². The molecule has 2 aromatic rings. The predicted molar refractivity (Wildman–Crippen MR) is 88.5 cm³/mol. The van der Waals surface area contributed by atoms with Crippen molar-refractivity contribution in [2.24, 2.45) is 5.73 Å². The number of pyridine rings is 1. The van der Waals surface area contributed by atoms with E-state index in [1.54, 1.807) is 24.4 Å². The second kappa shape index (κ2) is 6.92. The number of hydrogen-bond donors (Lipinski definition) is 1. The third-order valence-electron chi connectivity index (χ3n) is 4.13. The fraction of sp³-hybridized carbons (Fsp3) is 0.438. The van der Waals surface area contributed by atoms with E-state index >= 15 is 0 Å². The Morgan fingerprint density at radius 1 is 1.22 bits per heavy atom. The van der Waals surface area contributed by atoms with Crippen molar-refractivity contribution in [3.05, 3.63) is 36.5 Å². The van der Waals surface area contributed by atoms with Gasteiger partial charge < -0.3 is 10.5 Å². The lowest BCUT2D eigenvalue weighted by atomic mass is 10.1. The van der Waals surface area contributed by atoms with E-state index in [0.29, 0.717) is 38.1 Å². The SMILES string of the molecule is NCCN(C1CCOCC1)S(=O)(=O)c1cccc2cccnc12. The number of para-hydroxylation sites is 1. The first-order chi connectivity index (χ1) is 11.1. The molecule has 1 aromatic carbocycles. The van der Waals surface area contributed by atoms with E-state index in [2.05, 4.69) is 4.98 Å². The molecule has 0 atom stereocenters. The molecule has 1 fully saturated rings. The molecule has 23 heavy (non-hydrogen) atoms. The smallest absolute Gasteiger partial charge is 0.245 e. The van der Waals surface area contributed by atoms with Crippen molar-refractivity contribution in [2.75, 3.05) is 26.3 Å². The van der Waals surface area contributed by atoms with Crippen LogP contribution >= 0.6 is 0 Å². The van der Waals surface area contributed by atoms with Crippen LogP contribution in [0.2, 0.25) is 0 Å². The zero-order valence-corrected chi connectivity index (χ0v) is 13.7. The number of benzene rings is 1. The lowest BCUT2D eigenvalue weighted by Crippen LogP contribution is -2.45.